The summed E-state index contributed by atoms with van der Waals surface area (Å²) in [6.45, 7) is 8.58. The molecule has 4 atom stereocenters. The fourth-order valence-corrected chi connectivity index (χ4v) is 8.93. The van der Waals surface area contributed by atoms with E-state index in [1.54, 1.807) is 22.2 Å². The van der Waals surface area contributed by atoms with Gasteiger partial charge in [0, 0.05) is 49.5 Å². The monoisotopic (exact) mass is 775 g/mol. The maximum atomic E-state index is 14.4. The number of urea groups is 1. The van der Waals surface area contributed by atoms with E-state index in [2.05, 4.69) is 15.5 Å². The number of carbonyl (C=O) groups excluding carboxylic acids is 2. The Morgan fingerprint density at radius 2 is 1.80 bits per heavy atom. The van der Waals surface area contributed by atoms with Crippen molar-refractivity contribution in [3.8, 4) is 10.6 Å². The smallest absolute Gasteiger partial charge is 0.321 e. The van der Waals surface area contributed by atoms with Crippen molar-refractivity contribution in [1.82, 2.24) is 29.4 Å². The van der Waals surface area contributed by atoms with Gasteiger partial charge in [-0.15, -0.1) is 11.3 Å². The Kier molecular flexibility index (Phi) is 13.9. The van der Waals surface area contributed by atoms with Gasteiger partial charge in [-0.25, -0.2) is 18.2 Å². The number of oxime groups is 1. The van der Waals surface area contributed by atoms with Gasteiger partial charge in [0.2, 0.25) is 15.9 Å². The molecule has 3 heterocycles. The van der Waals surface area contributed by atoms with Crippen molar-refractivity contribution in [2.75, 3.05) is 26.2 Å². The molecule has 1 fully saturated rings. The van der Waals surface area contributed by atoms with Crippen molar-refractivity contribution in [2.45, 2.75) is 70.2 Å². The molecule has 13 nitrogen and oxygen atoms in total. The number of aliphatic hydroxyl groups is 1. The summed E-state index contributed by atoms with van der Waals surface area (Å²) in [5.74, 6) is -0.692. The molecule has 1 saturated heterocycles. The molecule has 1 aliphatic rings. The second-order valence-corrected chi connectivity index (χ2v) is 16.8. The van der Waals surface area contributed by atoms with Crippen LogP contribution in [0.4, 0.5) is 4.79 Å². The first-order valence-corrected chi connectivity index (χ1v) is 20.4. The summed E-state index contributed by atoms with van der Waals surface area (Å²) in [7, 11) is -4.07. The average Bonchev–Trinajstić information content (AvgIpc) is 3.78. The van der Waals surface area contributed by atoms with Gasteiger partial charge >= 0.3 is 6.03 Å². The van der Waals surface area contributed by atoms with E-state index in [1.165, 1.54) is 46.1 Å². The maximum Gasteiger partial charge on any atom is 0.321 e. The Hall–Kier alpha value is -4.70. The molecule has 0 spiro atoms. The van der Waals surface area contributed by atoms with Crippen molar-refractivity contribution >= 4 is 39.5 Å². The van der Waals surface area contributed by atoms with E-state index in [0.29, 0.717) is 31.6 Å². The van der Waals surface area contributed by atoms with Gasteiger partial charge in [0.25, 0.3) is 0 Å². The number of benzene rings is 2. The molecule has 2 aromatic carbocycles. The van der Waals surface area contributed by atoms with Gasteiger partial charge in [-0.3, -0.25) is 9.78 Å². The summed E-state index contributed by atoms with van der Waals surface area (Å²) in [5.41, 5.74) is 3.02. The SMILES string of the molecule is CCC(C)C(C(=O)N[C@@H](Cc1ccccc1)[C@H](O)CN(CC(C)C)S(=O)(=O)c1ccc(/C=N/O)cc1)N1CCN(Cc2csc(-c3cccnc3)n2)C1=O. The molecule has 2 aromatic heterocycles. The van der Waals surface area contributed by atoms with Crippen LogP contribution in [0.3, 0.4) is 0 Å². The van der Waals surface area contributed by atoms with E-state index in [9.17, 15) is 23.1 Å². The molecule has 0 aliphatic carbocycles. The van der Waals surface area contributed by atoms with Gasteiger partial charge in [0.1, 0.15) is 11.0 Å². The Morgan fingerprint density at radius 1 is 1.06 bits per heavy atom. The van der Waals surface area contributed by atoms with Crippen LogP contribution in [0.1, 0.15) is 50.9 Å². The van der Waals surface area contributed by atoms with Crippen LogP contribution in [0, 0.1) is 11.8 Å². The molecule has 0 radical (unpaired) electrons. The molecule has 1 aliphatic heterocycles. The Labute approximate surface area is 321 Å². The predicted molar refractivity (Wildman–Crippen MR) is 209 cm³/mol. The summed E-state index contributed by atoms with van der Waals surface area (Å²) >= 11 is 1.48. The van der Waals surface area contributed by atoms with E-state index >= 15 is 0 Å². The number of pyridine rings is 1. The number of nitrogens with zero attached hydrogens (tertiary/aromatic N) is 6. The van der Waals surface area contributed by atoms with Crippen LogP contribution in [0.25, 0.3) is 10.6 Å². The molecule has 0 bridgehead atoms. The van der Waals surface area contributed by atoms with Crippen molar-refractivity contribution in [2.24, 2.45) is 17.0 Å². The van der Waals surface area contributed by atoms with Crippen molar-refractivity contribution in [3.05, 3.63) is 101 Å². The molecule has 2 unspecified atom stereocenters. The fourth-order valence-electron chi connectivity index (χ4n) is 6.51. The first kappa shape index (κ1) is 40.5. The third-order valence-corrected chi connectivity index (χ3v) is 12.3. The number of nitrogens with one attached hydrogen (secondary N) is 1. The lowest BCUT2D eigenvalue weighted by atomic mass is 9.95. The molecule has 5 rings (SSSR count). The van der Waals surface area contributed by atoms with E-state index in [0.717, 1.165) is 21.8 Å². The van der Waals surface area contributed by atoms with Gasteiger partial charge in [0.05, 0.1) is 35.5 Å². The minimum absolute atomic E-state index is 0.0222. The number of hydrogen-bond donors (Lipinski definition) is 3. The van der Waals surface area contributed by atoms with E-state index in [-0.39, 0.29) is 42.3 Å². The average molecular weight is 776 g/mol. The zero-order valence-electron chi connectivity index (χ0n) is 31.0. The zero-order valence-corrected chi connectivity index (χ0v) is 32.7. The highest BCUT2D eigenvalue weighted by Gasteiger charge is 2.41. The van der Waals surface area contributed by atoms with Crippen LogP contribution in [0.5, 0.6) is 0 Å². The lowest BCUT2D eigenvalue weighted by Gasteiger charge is -2.35. The molecule has 15 heteroatoms. The first-order chi connectivity index (χ1) is 25.9. The fraction of sp³-hybridized carbons (Fsp3) is 0.410. The molecule has 3 N–H and O–H groups in total. The van der Waals surface area contributed by atoms with E-state index in [4.69, 9.17) is 10.2 Å². The molecule has 54 heavy (non-hydrogen) atoms. The third kappa shape index (κ3) is 10.1. The number of hydrogen-bond acceptors (Lipinski definition) is 10. The van der Waals surface area contributed by atoms with Gasteiger partial charge in [-0.2, -0.15) is 4.31 Å². The third-order valence-electron chi connectivity index (χ3n) is 9.50. The van der Waals surface area contributed by atoms with Crippen molar-refractivity contribution in [1.29, 1.82) is 0 Å². The number of thiazole rings is 1. The summed E-state index contributed by atoms with van der Waals surface area (Å²) in [5, 5.41) is 29.5. The summed E-state index contributed by atoms with van der Waals surface area (Å²) in [6.07, 6.45) is 4.20. The second-order valence-electron chi connectivity index (χ2n) is 14.0. The van der Waals surface area contributed by atoms with Crippen LogP contribution < -0.4 is 5.32 Å². The number of amides is 3. The van der Waals surface area contributed by atoms with Crippen molar-refractivity contribution < 1.29 is 28.3 Å². The summed E-state index contributed by atoms with van der Waals surface area (Å²) in [4.78, 5) is 40.5. The second kappa shape index (κ2) is 18.6. The van der Waals surface area contributed by atoms with Crippen LogP contribution in [0.2, 0.25) is 0 Å². The van der Waals surface area contributed by atoms with Gasteiger partial charge in [0.15, 0.2) is 0 Å². The number of aliphatic hydroxyl groups excluding tert-OH is 1. The molecule has 3 amide bonds. The minimum Gasteiger partial charge on any atom is -0.411 e. The number of carbonyl (C=O) groups is 2. The lowest BCUT2D eigenvalue weighted by Crippen LogP contribution is -2.57. The lowest BCUT2D eigenvalue weighted by molar-refractivity contribution is -0.128. The van der Waals surface area contributed by atoms with Gasteiger partial charge in [-0.05, 0) is 53.6 Å². The predicted octanol–water partition coefficient (Wildman–Crippen LogP) is 5.10. The Balaban J connectivity index is 1.36. The molecule has 0 saturated carbocycles. The van der Waals surface area contributed by atoms with Gasteiger partial charge < -0.3 is 25.4 Å². The molecule has 288 valence electrons. The van der Waals surface area contributed by atoms with Crippen LogP contribution >= 0.6 is 11.3 Å². The Bertz CT molecular complexity index is 1960. The highest BCUT2D eigenvalue weighted by atomic mass is 32.2. The van der Waals surface area contributed by atoms with E-state index in [1.807, 2.05) is 75.5 Å². The first-order valence-electron chi connectivity index (χ1n) is 18.1. The number of rotatable bonds is 18. The van der Waals surface area contributed by atoms with Crippen LogP contribution in [0.15, 0.2) is 94.6 Å². The van der Waals surface area contributed by atoms with Gasteiger partial charge in [-0.1, -0.05) is 81.7 Å². The highest BCUT2D eigenvalue weighted by Crippen LogP contribution is 2.27. The summed E-state index contributed by atoms with van der Waals surface area (Å²) < 4.78 is 29.1. The van der Waals surface area contributed by atoms with E-state index < -0.39 is 34.1 Å². The quantitative estimate of drug-likeness (QED) is 0.0713. The molecular formula is C39H49N7O6S2. The molecular weight excluding hydrogens is 727 g/mol. The van der Waals surface area contributed by atoms with Crippen LogP contribution in [-0.4, -0.2) is 105 Å². The maximum absolute atomic E-state index is 14.4. The summed E-state index contributed by atoms with van der Waals surface area (Å²) in [6, 6.07) is 17.1. The normalized spacial score (nSPS) is 15.9. The molecule has 4 aromatic rings. The van der Waals surface area contributed by atoms with Crippen LogP contribution in [-0.2, 0) is 27.8 Å². The standard InChI is InChI=1S/C39H49N7O6S2/c1-5-28(4)36(46-19-18-44(39(46)49)24-32-26-53-38(42-32)31-12-9-17-40-22-31)37(48)43-34(20-29-10-7-6-8-11-29)35(47)25-45(23-27(2)3)54(51,52)33-15-13-30(14-16-33)21-41-50/h6-17,21-22,26-28,34-36,47,50H,5,18-20,23-25H2,1-4H3,(H,43,48)/b41-21+/t28?,34-,35+,36?/m0/s1. The largest absolute Gasteiger partial charge is 0.411 e. The number of sulfonamides is 1. The number of aromatic nitrogens is 2. The highest BCUT2D eigenvalue weighted by molar-refractivity contribution is 7.89. The zero-order chi connectivity index (χ0) is 38.8. The van der Waals surface area contributed by atoms with Crippen molar-refractivity contribution in [3.63, 3.8) is 0 Å². The topological polar surface area (TPSA) is 169 Å². The Morgan fingerprint density at radius 3 is 2.44 bits per heavy atom. The minimum atomic E-state index is -4.07.